The summed E-state index contributed by atoms with van der Waals surface area (Å²) in [6.07, 6.45) is 2.18. The summed E-state index contributed by atoms with van der Waals surface area (Å²) in [5, 5.41) is 1.97. The molecular formula is C18H20Br2O2S3. The van der Waals surface area contributed by atoms with Crippen LogP contribution >= 0.6 is 55.4 Å². The number of alkyl halides is 2. The van der Waals surface area contributed by atoms with Gasteiger partial charge >= 0.3 is 0 Å². The zero-order valence-electron chi connectivity index (χ0n) is 13.7. The molecule has 0 N–H and O–H groups in total. The maximum absolute atomic E-state index is 12.8. The Labute approximate surface area is 175 Å². The van der Waals surface area contributed by atoms with Gasteiger partial charge in [0.25, 0.3) is 0 Å². The molecule has 0 saturated carbocycles. The van der Waals surface area contributed by atoms with Crippen LogP contribution in [0, 0.1) is 0 Å². The summed E-state index contributed by atoms with van der Waals surface area (Å²) in [5.41, 5.74) is 0. The molecule has 0 aromatic heterocycles. The van der Waals surface area contributed by atoms with Gasteiger partial charge in [-0.15, -0.1) is 23.5 Å². The smallest absolute Gasteiger partial charge is 0.206 e. The summed E-state index contributed by atoms with van der Waals surface area (Å²) in [4.78, 5) is 2.88. The van der Waals surface area contributed by atoms with Crippen molar-refractivity contribution < 1.29 is 8.42 Å². The molecule has 0 unspecified atom stereocenters. The van der Waals surface area contributed by atoms with Crippen LogP contribution in [-0.4, -0.2) is 30.6 Å². The number of hydrogen-bond donors (Lipinski definition) is 0. The van der Waals surface area contributed by atoms with Crippen molar-refractivity contribution in [2.45, 2.75) is 32.4 Å². The number of benzene rings is 2. The Kier molecular flexibility index (Phi) is 9.41. The molecule has 0 spiro atoms. The highest BCUT2D eigenvalue weighted by atomic mass is 79.9. The lowest BCUT2D eigenvalue weighted by atomic mass is 10.4. The van der Waals surface area contributed by atoms with Crippen molar-refractivity contribution >= 4 is 65.2 Å². The van der Waals surface area contributed by atoms with E-state index in [4.69, 9.17) is 0 Å². The minimum Gasteiger partial charge on any atom is -0.219 e. The maximum atomic E-state index is 12.8. The molecule has 0 aliphatic carbocycles. The van der Waals surface area contributed by atoms with E-state index in [1.54, 1.807) is 47.8 Å². The molecule has 0 aliphatic heterocycles. The largest absolute Gasteiger partial charge is 0.219 e. The van der Waals surface area contributed by atoms with Crippen LogP contribution < -0.4 is 0 Å². The van der Waals surface area contributed by atoms with Gasteiger partial charge in [-0.25, -0.2) is 8.42 Å². The number of thioether (sulfide) groups is 2. The van der Waals surface area contributed by atoms with Gasteiger partial charge in [-0.1, -0.05) is 31.9 Å². The molecule has 0 heterocycles. The summed E-state index contributed by atoms with van der Waals surface area (Å²) < 4.78 is 25.5. The van der Waals surface area contributed by atoms with Crippen molar-refractivity contribution in [1.82, 2.24) is 0 Å². The Morgan fingerprint density at radius 3 is 1.36 bits per heavy atom. The minimum absolute atomic E-state index is 0.344. The second kappa shape index (κ2) is 11.0. The quantitative estimate of drug-likeness (QED) is 0.208. The van der Waals surface area contributed by atoms with Gasteiger partial charge in [-0.05, 0) is 72.9 Å². The SMILES string of the molecule is O=S(=O)(c1ccc(SCCCBr)cc1)c1ccc(SCCCBr)cc1. The predicted molar refractivity (Wildman–Crippen MR) is 117 cm³/mol. The first-order valence-corrected chi connectivity index (χ1v) is 13.6. The maximum Gasteiger partial charge on any atom is 0.206 e. The van der Waals surface area contributed by atoms with Crippen molar-refractivity contribution in [3.63, 3.8) is 0 Å². The van der Waals surface area contributed by atoms with E-state index >= 15 is 0 Å². The first-order chi connectivity index (χ1) is 12.1. The fourth-order valence-corrected chi connectivity index (χ4v) is 6.33. The number of sulfone groups is 1. The molecule has 2 aromatic carbocycles. The normalized spacial score (nSPS) is 11.6. The second-order valence-corrected chi connectivity index (χ2v) is 11.1. The average molecular weight is 524 g/mol. The van der Waals surface area contributed by atoms with Gasteiger partial charge in [0.05, 0.1) is 9.79 Å². The highest BCUT2D eigenvalue weighted by Gasteiger charge is 2.17. The second-order valence-electron chi connectivity index (χ2n) is 5.23. The van der Waals surface area contributed by atoms with Gasteiger partial charge < -0.3 is 0 Å². The standard InChI is InChI=1S/C18H20Br2O2S3/c19-11-1-13-23-15-3-7-17(8-4-15)25(21,22)18-9-5-16(6-10-18)24-14-2-12-20/h3-10H,1-2,11-14H2. The lowest BCUT2D eigenvalue weighted by Gasteiger charge is -2.07. The molecule has 7 heteroatoms. The number of hydrogen-bond acceptors (Lipinski definition) is 4. The molecule has 0 radical (unpaired) electrons. The lowest BCUT2D eigenvalue weighted by molar-refractivity contribution is 0.596. The third-order valence-electron chi connectivity index (χ3n) is 3.36. The molecule has 0 aliphatic rings. The third kappa shape index (κ3) is 6.61. The van der Waals surface area contributed by atoms with Gasteiger partial charge in [-0.3, -0.25) is 0 Å². The zero-order chi connectivity index (χ0) is 18.1. The summed E-state index contributed by atoms with van der Waals surface area (Å²) in [7, 11) is -3.46. The highest BCUT2D eigenvalue weighted by molar-refractivity contribution is 9.09. The Balaban J connectivity index is 2.07. The Bertz CT molecular complexity index is 685. The topological polar surface area (TPSA) is 34.1 Å². The van der Waals surface area contributed by atoms with Gasteiger partial charge in [0.15, 0.2) is 0 Å². The van der Waals surface area contributed by atoms with Crippen LogP contribution in [0.2, 0.25) is 0 Å². The molecule has 136 valence electrons. The summed E-state index contributed by atoms with van der Waals surface area (Å²) in [5.74, 6) is 2.04. The first-order valence-electron chi connectivity index (χ1n) is 7.90. The molecule has 25 heavy (non-hydrogen) atoms. The average Bonchev–Trinajstić information content (AvgIpc) is 2.63. The monoisotopic (exact) mass is 522 g/mol. The van der Waals surface area contributed by atoms with E-state index in [0.717, 1.165) is 44.8 Å². The van der Waals surface area contributed by atoms with Crippen LogP contribution in [0.15, 0.2) is 68.1 Å². The highest BCUT2D eigenvalue weighted by Crippen LogP contribution is 2.27. The van der Waals surface area contributed by atoms with E-state index in [1.807, 2.05) is 24.3 Å². The molecule has 2 aromatic rings. The molecule has 0 bridgehead atoms. The molecule has 0 amide bonds. The van der Waals surface area contributed by atoms with Crippen molar-refractivity contribution in [1.29, 1.82) is 0 Å². The van der Waals surface area contributed by atoms with Crippen LogP contribution in [-0.2, 0) is 9.84 Å². The summed E-state index contributed by atoms with van der Waals surface area (Å²) >= 11 is 10.3. The third-order valence-corrected chi connectivity index (χ3v) is 8.47. The Hall–Kier alpha value is 0.0500. The van der Waals surface area contributed by atoms with Gasteiger partial charge in [0.2, 0.25) is 9.84 Å². The van der Waals surface area contributed by atoms with Crippen LogP contribution in [0.4, 0.5) is 0 Å². The molecule has 2 rings (SSSR count). The molecule has 2 nitrogen and oxygen atoms in total. The van der Waals surface area contributed by atoms with Crippen LogP contribution in [0.5, 0.6) is 0 Å². The summed E-state index contributed by atoms with van der Waals surface area (Å²) in [6, 6.07) is 14.3. The molecule has 0 fully saturated rings. The van der Waals surface area contributed by atoms with E-state index < -0.39 is 9.84 Å². The van der Waals surface area contributed by atoms with Gasteiger partial charge in [0.1, 0.15) is 0 Å². The summed E-state index contributed by atoms with van der Waals surface area (Å²) in [6.45, 7) is 0. The van der Waals surface area contributed by atoms with Crippen molar-refractivity contribution in [2.75, 3.05) is 22.2 Å². The van der Waals surface area contributed by atoms with Crippen LogP contribution in [0.3, 0.4) is 0 Å². The molecule has 0 atom stereocenters. The van der Waals surface area contributed by atoms with Crippen LogP contribution in [0.1, 0.15) is 12.8 Å². The predicted octanol–water partition coefficient (Wildman–Crippen LogP) is 6.27. The van der Waals surface area contributed by atoms with E-state index in [9.17, 15) is 8.42 Å². The fourth-order valence-electron chi connectivity index (χ4n) is 2.06. The number of rotatable bonds is 10. The number of halogens is 2. The fraction of sp³-hybridized carbons (Fsp3) is 0.333. The van der Waals surface area contributed by atoms with Gasteiger partial charge in [0, 0.05) is 20.5 Å². The minimum atomic E-state index is -3.46. The van der Waals surface area contributed by atoms with E-state index in [0.29, 0.717) is 9.79 Å². The Morgan fingerprint density at radius 2 is 1.04 bits per heavy atom. The van der Waals surface area contributed by atoms with E-state index in [2.05, 4.69) is 31.9 Å². The van der Waals surface area contributed by atoms with Crippen molar-refractivity contribution in [3.8, 4) is 0 Å². The van der Waals surface area contributed by atoms with E-state index in [1.165, 1.54) is 0 Å². The van der Waals surface area contributed by atoms with Crippen molar-refractivity contribution in [2.24, 2.45) is 0 Å². The zero-order valence-corrected chi connectivity index (χ0v) is 19.3. The van der Waals surface area contributed by atoms with Crippen molar-refractivity contribution in [3.05, 3.63) is 48.5 Å². The Morgan fingerprint density at radius 1 is 0.680 bits per heavy atom. The first kappa shape index (κ1) is 21.4. The molecular weight excluding hydrogens is 504 g/mol. The molecule has 0 saturated heterocycles. The van der Waals surface area contributed by atoms with E-state index in [-0.39, 0.29) is 0 Å². The van der Waals surface area contributed by atoms with Crippen LogP contribution in [0.25, 0.3) is 0 Å². The lowest BCUT2D eigenvalue weighted by Crippen LogP contribution is -2.01. The van der Waals surface area contributed by atoms with Gasteiger partial charge in [-0.2, -0.15) is 0 Å².